The summed E-state index contributed by atoms with van der Waals surface area (Å²) in [5.41, 5.74) is 0. The summed E-state index contributed by atoms with van der Waals surface area (Å²) in [4.78, 5) is 73.1. The minimum Gasteiger partial charge on any atom is -0.462 e. The lowest BCUT2D eigenvalue weighted by atomic mass is 10.0. The Morgan fingerprint density at radius 1 is 0.274 bits per heavy atom. The second-order valence-electron chi connectivity index (χ2n) is 27.7. The zero-order chi connectivity index (χ0) is 77.4. The predicted octanol–water partition coefficient (Wildman–Crippen LogP) is 24.7. The van der Waals surface area contributed by atoms with Crippen molar-refractivity contribution in [1.82, 2.24) is 0 Å². The van der Waals surface area contributed by atoms with Crippen molar-refractivity contribution in [3.8, 4) is 0 Å². The number of carbonyl (C=O) groups excluding carboxylic acids is 4. The Kier molecular flexibility index (Phi) is 75.2. The van der Waals surface area contributed by atoms with Crippen LogP contribution in [0.1, 0.15) is 349 Å². The number of aliphatic hydroxyl groups is 1. The maximum Gasteiger partial charge on any atom is 0.472 e. The van der Waals surface area contributed by atoms with Crippen LogP contribution in [0.15, 0.2) is 122 Å². The first-order chi connectivity index (χ1) is 51.7. The van der Waals surface area contributed by atoms with E-state index in [4.69, 9.17) is 37.0 Å². The fourth-order valence-electron chi connectivity index (χ4n) is 11.0. The molecular formula is C87H150O17P2. The fourth-order valence-corrected chi connectivity index (χ4v) is 12.6. The zero-order valence-corrected chi connectivity index (χ0v) is 68.6. The van der Waals surface area contributed by atoms with E-state index in [1.54, 1.807) is 0 Å². The number of ether oxygens (including phenoxy) is 4. The Morgan fingerprint density at radius 3 is 0.792 bits per heavy atom. The Labute approximate surface area is 644 Å². The molecule has 0 spiro atoms. The molecule has 0 fully saturated rings. The predicted molar refractivity (Wildman–Crippen MR) is 436 cm³/mol. The minimum absolute atomic E-state index is 0.0379. The molecule has 0 aromatic carbocycles. The molecule has 0 amide bonds. The zero-order valence-electron chi connectivity index (χ0n) is 66.8. The van der Waals surface area contributed by atoms with Gasteiger partial charge >= 0.3 is 39.5 Å². The van der Waals surface area contributed by atoms with Crippen LogP contribution in [-0.2, 0) is 65.4 Å². The first kappa shape index (κ1) is 101. The maximum absolute atomic E-state index is 13.1. The van der Waals surface area contributed by atoms with Gasteiger partial charge in [-0.15, -0.1) is 0 Å². The third-order valence-electron chi connectivity index (χ3n) is 17.4. The summed E-state index contributed by atoms with van der Waals surface area (Å²) in [6.45, 7) is 4.67. The van der Waals surface area contributed by atoms with Gasteiger partial charge in [0.15, 0.2) is 12.2 Å². The van der Waals surface area contributed by atoms with Crippen molar-refractivity contribution in [3.05, 3.63) is 122 Å². The maximum atomic E-state index is 13.1. The van der Waals surface area contributed by atoms with Gasteiger partial charge < -0.3 is 33.8 Å². The molecule has 0 heterocycles. The number of aliphatic hydroxyl groups excluding tert-OH is 1. The lowest BCUT2D eigenvalue weighted by Crippen LogP contribution is -2.30. The number of hydrogen-bond donors (Lipinski definition) is 3. The molecule has 0 aliphatic heterocycles. The minimum atomic E-state index is -5.00. The molecule has 0 radical (unpaired) electrons. The number of allylic oxidation sites excluding steroid dienone is 20. The number of hydrogen-bond acceptors (Lipinski definition) is 15. The Morgan fingerprint density at radius 2 is 0.491 bits per heavy atom. The molecule has 0 saturated heterocycles. The summed E-state index contributed by atoms with van der Waals surface area (Å²) in [5.74, 6) is -2.24. The number of phosphoric ester groups is 2. The van der Waals surface area contributed by atoms with E-state index in [-0.39, 0.29) is 25.7 Å². The standard InChI is InChI=1S/C87H150O17P2/c1-5-9-13-17-21-25-29-33-36-38-40-42-45-48-51-55-59-63-67-71-84(89)97-77-82(103-86(91)73-69-65-61-57-53-47-32-28-24-20-16-12-8-4)79-101-105(93,94)99-75-81(88)76-100-106(95,96)102-80-83(104-87(92)74-70-66-62-58-54-50-44-35-31-27-23-19-15-11-7-3)78-98-85(90)72-68-64-60-56-52-49-46-43-41-39-37-34-30-26-22-18-14-10-6-2/h11,15,21-23,25-27,33-37,40-44,54,58,81-83,88H,5-10,12-14,16-20,24,28-32,38-39,45-53,55-57,59-80H2,1-4H3,(H,93,94)(H,95,96)/b15-11-,25-21-,26-22-,27-23-,36-33-,37-34-,42-40-,43-41-,44-35-,58-54-. The Bertz CT molecular complexity index is 2480. The molecule has 0 aromatic heterocycles. The molecule has 0 saturated carbocycles. The molecule has 0 aromatic rings. The van der Waals surface area contributed by atoms with Crippen LogP contribution in [0.25, 0.3) is 0 Å². The van der Waals surface area contributed by atoms with Crippen LogP contribution in [0.3, 0.4) is 0 Å². The smallest absolute Gasteiger partial charge is 0.462 e. The van der Waals surface area contributed by atoms with Crippen molar-refractivity contribution < 1.29 is 80.2 Å². The van der Waals surface area contributed by atoms with Gasteiger partial charge in [0.05, 0.1) is 26.4 Å². The molecule has 0 bridgehead atoms. The molecule has 0 rings (SSSR count). The lowest BCUT2D eigenvalue weighted by Gasteiger charge is -2.21. The number of esters is 4. The third-order valence-corrected chi connectivity index (χ3v) is 19.3. The number of carbonyl (C=O) groups is 4. The molecule has 0 aliphatic rings. The van der Waals surface area contributed by atoms with Gasteiger partial charge in [0.25, 0.3) is 0 Å². The molecule has 0 aliphatic carbocycles. The highest BCUT2D eigenvalue weighted by Crippen LogP contribution is 2.45. The summed E-state index contributed by atoms with van der Waals surface area (Å²) in [6, 6.07) is 0. The summed E-state index contributed by atoms with van der Waals surface area (Å²) in [6.07, 6.45) is 87.4. The van der Waals surface area contributed by atoms with E-state index in [0.717, 1.165) is 173 Å². The molecule has 17 nitrogen and oxygen atoms in total. The van der Waals surface area contributed by atoms with Gasteiger partial charge in [-0.25, -0.2) is 9.13 Å². The highest BCUT2D eigenvalue weighted by Gasteiger charge is 2.30. The van der Waals surface area contributed by atoms with Crippen LogP contribution < -0.4 is 0 Å². The molecule has 19 heteroatoms. The average molecular weight is 1530 g/mol. The molecule has 610 valence electrons. The van der Waals surface area contributed by atoms with Gasteiger partial charge in [-0.1, -0.05) is 303 Å². The number of phosphoric acid groups is 2. The van der Waals surface area contributed by atoms with Crippen molar-refractivity contribution >= 4 is 39.5 Å². The van der Waals surface area contributed by atoms with Crippen molar-refractivity contribution in [2.45, 2.75) is 367 Å². The topological polar surface area (TPSA) is 237 Å². The van der Waals surface area contributed by atoms with Crippen LogP contribution in [0, 0.1) is 0 Å². The van der Waals surface area contributed by atoms with E-state index in [2.05, 4.69) is 149 Å². The van der Waals surface area contributed by atoms with E-state index in [9.17, 15) is 43.2 Å². The largest absolute Gasteiger partial charge is 0.472 e. The highest BCUT2D eigenvalue weighted by molar-refractivity contribution is 7.47. The highest BCUT2D eigenvalue weighted by atomic mass is 31.2. The molecule has 5 unspecified atom stereocenters. The van der Waals surface area contributed by atoms with E-state index < -0.39 is 97.5 Å². The van der Waals surface area contributed by atoms with Crippen molar-refractivity contribution in [3.63, 3.8) is 0 Å². The van der Waals surface area contributed by atoms with Crippen molar-refractivity contribution in [2.24, 2.45) is 0 Å². The first-order valence-electron chi connectivity index (χ1n) is 41.8. The number of unbranched alkanes of at least 4 members (excludes halogenated alkanes) is 32. The quantitative estimate of drug-likeness (QED) is 0.0169. The average Bonchev–Trinajstić information content (AvgIpc) is 0.903. The normalized spacial score (nSPS) is 14.4. The molecule has 5 atom stereocenters. The van der Waals surface area contributed by atoms with Crippen LogP contribution in [-0.4, -0.2) is 96.7 Å². The van der Waals surface area contributed by atoms with Gasteiger partial charge in [0.1, 0.15) is 19.3 Å². The monoisotopic (exact) mass is 1530 g/mol. The van der Waals surface area contributed by atoms with Gasteiger partial charge in [0, 0.05) is 25.7 Å². The van der Waals surface area contributed by atoms with Gasteiger partial charge in [-0.3, -0.25) is 37.3 Å². The van der Waals surface area contributed by atoms with Crippen LogP contribution >= 0.6 is 15.6 Å². The summed E-state index contributed by atoms with van der Waals surface area (Å²) in [5, 5.41) is 10.7. The summed E-state index contributed by atoms with van der Waals surface area (Å²) >= 11 is 0. The third kappa shape index (κ3) is 77.6. The van der Waals surface area contributed by atoms with E-state index >= 15 is 0 Å². The van der Waals surface area contributed by atoms with Crippen molar-refractivity contribution in [1.29, 1.82) is 0 Å². The Balaban J connectivity index is 5.38. The lowest BCUT2D eigenvalue weighted by molar-refractivity contribution is -0.161. The Hall–Kier alpha value is -4.54. The SMILES string of the molecule is CC/C=C\C/C=C\C/C=C\C/C=C\CCCCC(=O)OC(COC(=O)CCCCCCCC/C=C\C/C=C\C/C=C\CCCCC)COP(=O)(O)OCC(O)COP(=O)(O)OCC(COC(=O)CCCCCCCC/C=C\C/C=C\C/C=C\CCCCC)OC(=O)CCCCCCCCCCCCCCC. The van der Waals surface area contributed by atoms with Gasteiger partial charge in [-0.2, -0.15) is 0 Å². The van der Waals surface area contributed by atoms with Crippen LogP contribution in [0.5, 0.6) is 0 Å². The van der Waals surface area contributed by atoms with Crippen LogP contribution in [0.4, 0.5) is 0 Å². The summed E-state index contributed by atoms with van der Waals surface area (Å²) < 4.78 is 68.7. The van der Waals surface area contributed by atoms with Crippen LogP contribution in [0.2, 0.25) is 0 Å². The van der Waals surface area contributed by atoms with E-state index in [1.165, 1.54) is 89.9 Å². The first-order valence-corrected chi connectivity index (χ1v) is 44.8. The van der Waals surface area contributed by atoms with Gasteiger partial charge in [-0.05, 0) is 141 Å². The molecular weight excluding hydrogens is 1380 g/mol. The van der Waals surface area contributed by atoms with E-state index in [1.807, 2.05) is 0 Å². The molecule has 3 N–H and O–H groups in total. The fraction of sp³-hybridized carbons (Fsp3) is 0.724. The van der Waals surface area contributed by atoms with E-state index in [0.29, 0.717) is 32.1 Å². The molecule has 106 heavy (non-hydrogen) atoms. The van der Waals surface area contributed by atoms with Crippen molar-refractivity contribution in [2.75, 3.05) is 39.6 Å². The second kappa shape index (κ2) is 78.6. The number of rotatable bonds is 78. The summed E-state index contributed by atoms with van der Waals surface area (Å²) in [7, 11) is -9.98. The second-order valence-corrected chi connectivity index (χ2v) is 30.6. The van der Waals surface area contributed by atoms with Gasteiger partial charge in [0.2, 0.25) is 0 Å².